The van der Waals surface area contributed by atoms with Crippen LogP contribution in [0.2, 0.25) is 10.0 Å². The number of carbonyl (C=O) groups is 2. The molecule has 1 amide bonds. The Labute approximate surface area is 245 Å². The van der Waals surface area contributed by atoms with Crippen molar-refractivity contribution < 1.29 is 18.0 Å². The summed E-state index contributed by atoms with van der Waals surface area (Å²) in [7, 11) is -3.82. The molecule has 40 heavy (non-hydrogen) atoms. The standard InChI is InChI=1S/C30H31Cl2N3O4S/c1-21(36)22-6-5-9-26(18-22)40(38,39)35-16-13-30(14-17-35,23-7-3-2-4-8-23)29(37)33-24-12-15-34(20-24)25-10-11-27(31)28(32)19-25/h2-11,18-19,24H,12-17,20H2,1H3,(H,33,37). The average molecular weight is 601 g/mol. The van der Waals surface area contributed by atoms with Gasteiger partial charge >= 0.3 is 0 Å². The van der Waals surface area contributed by atoms with Crippen LogP contribution in [0.15, 0.2) is 77.7 Å². The summed E-state index contributed by atoms with van der Waals surface area (Å²) in [4.78, 5) is 28.1. The Bertz CT molecular complexity index is 1520. The Kier molecular flexibility index (Phi) is 8.25. The van der Waals surface area contributed by atoms with E-state index in [-0.39, 0.29) is 35.7 Å². The van der Waals surface area contributed by atoms with Gasteiger partial charge in [-0.3, -0.25) is 9.59 Å². The summed E-state index contributed by atoms with van der Waals surface area (Å²) >= 11 is 12.3. The van der Waals surface area contributed by atoms with Gasteiger partial charge in [0.25, 0.3) is 0 Å². The molecule has 0 aliphatic carbocycles. The van der Waals surface area contributed by atoms with Gasteiger partial charge in [0.1, 0.15) is 0 Å². The highest BCUT2D eigenvalue weighted by Gasteiger charge is 2.46. The SMILES string of the molecule is CC(=O)c1cccc(S(=O)(=O)N2CCC(C(=O)NC3CCN(c4ccc(Cl)c(Cl)c4)C3)(c3ccccc3)CC2)c1. The zero-order valence-electron chi connectivity index (χ0n) is 22.1. The fourth-order valence-electron chi connectivity index (χ4n) is 5.65. The lowest BCUT2D eigenvalue weighted by Gasteiger charge is -2.41. The number of ketones is 1. The minimum atomic E-state index is -3.82. The molecule has 5 rings (SSSR count). The Morgan fingerprint density at radius 3 is 2.30 bits per heavy atom. The zero-order chi connectivity index (χ0) is 28.5. The van der Waals surface area contributed by atoms with Crippen molar-refractivity contribution in [1.82, 2.24) is 9.62 Å². The molecule has 1 atom stereocenters. The smallest absolute Gasteiger partial charge is 0.243 e. The third-order valence-corrected chi connectivity index (χ3v) is 10.6. The van der Waals surface area contributed by atoms with E-state index in [1.54, 1.807) is 18.2 Å². The van der Waals surface area contributed by atoms with Crippen molar-refractivity contribution in [2.75, 3.05) is 31.1 Å². The number of nitrogens with zero attached hydrogens (tertiary/aromatic N) is 2. The summed E-state index contributed by atoms with van der Waals surface area (Å²) in [6.45, 7) is 3.20. The predicted octanol–water partition coefficient (Wildman–Crippen LogP) is 5.31. The van der Waals surface area contributed by atoms with Crippen LogP contribution >= 0.6 is 23.2 Å². The number of halogens is 2. The molecule has 3 aromatic carbocycles. The maximum absolute atomic E-state index is 14.0. The van der Waals surface area contributed by atoms with Crippen LogP contribution in [0.4, 0.5) is 5.69 Å². The molecule has 10 heteroatoms. The summed E-state index contributed by atoms with van der Waals surface area (Å²) in [5, 5.41) is 4.26. The lowest BCUT2D eigenvalue weighted by Crippen LogP contribution is -2.54. The van der Waals surface area contributed by atoms with E-state index in [0.717, 1.165) is 24.2 Å². The van der Waals surface area contributed by atoms with Gasteiger partial charge in [0, 0.05) is 43.5 Å². The van der Waals surface area contributed by atoms with Gasteiger partial charge in [-0.1, -0.05) is 65.7 Å². The topological polar surface area (TPSA) is 86.8 Å². The second kappa shape index (κ2) is 11.5. The lowest BCUT2D eigenvalue weighted by molar-refractivity contribution is -0.128. The first-order valence-electron chi connectivity index (χ1n) is 13.3. The molecule has 0 spiro atoms. The maximum atomic E-state index is 14.0. The zero-order valence-corrected chi connectivity index (χ0v) is 24.5. The number of rotatable bonds is 7. The second-order valence-corrected chi connectivity index (χ2v) is 13.2. The van der Waals surface area contributed by atoms with Gasteiger partial charge in [0.15, 0.2) is 5.78 Å². The van der Waals surface area contributed by atoms with Gasteiger partial charge in [0.2, 0.25) is 15.9 Å². The number of piperidine rings is 1. The normalized spacial score (nSPS) is 19.4. The van der Waals surface area contributed by atoms with Gasteiger partial charge in [-0.15, -0.1) is 0 Å². The van der Waals surface area contributed by atoms with E-state index in [2.05, 4.69) is 10.2 Å². The predicted molar refractivity (Wildman–Crippen MR) is 158 cm³/mol. The number of nitrogens with one attached hydrogen (secondary N) is 1. The fraction of sp³-hybridized carbons (Fsp3) is 0.333. The summed E-state index contributed by atoms with van der Waals surface area (Å²) in [5.41, 5.74) is 1.33. The number of carbonyl (C=O) groups excluding carboxylic acids is 2. The van der Waals surface area contributed by atoms with E-state index < -0.39 is 15.4 Å². The van der Waals surface area contributed by atoms with Gasteiger partial charge in [0.05, 0.1) is 20.4 Å². The van der Waals surface area contributed by atoms with Crippen molar-refractivity contribution >= 4 is 50.6 Å². The molecule has 2 fully saturated rings. The molecule has 2 saturated heterocycles. The van der Waals surface area contributed by atoms with Crippen molar-refractivity contribution in [1.29, 1.82) is 0 Å². The highest BCUT2D eigenvalue weighted by atomic mass is 35.5. The summed E-state index contributed by atoms with van der Waals surface area (Å²) < 4.78 is 28.3. The number of hydrogen-bond donors (Lipinski definition) is 1. The van der Waals surface area contributed by atoms with Gasteiger partial charge in [-0.2, -0.15) is 4.31 Å². The van der Waals surface area contributed by atoms with Crippen LogP contribution in [-0.2, 0) is 20.2 Å². The van der Waals surface area contributed by atoms with Crippen LogP contribution in [0.3, 0.4) is 0 Å². The molecule has 7 nitrogen and oxygen atoms in total. The van der Waals surface area contributed by atoms with E-state index in [4.69, 9.17) is 23.2 Å². The molecule has 0 radical (unpaired) electrons. The molecular formula is C30H31Cl2N3O4S. The molecule has 1 unspecified atom stereocenters. The largest absolute Gasteiger partial charge is 0.369 e. The van der Waals surface area contributed by atoms with Crippen molar-refractivity contribution in [2.45, 2.75) is 42.5 Å². The van der Waals surface area contributed by atoms with Crippen LogP contribution in [0.5, 0.6) is 0 Å². The molecule has 3 aromatic rings. The molecule has 2 heterocycles. The summed E-state index contributed by atoms with van der Waals surface area (Å²) in [6, 6.07) is 21.2. The molecule has 0 aromatic heterocycles. The number of Topliss-reactive ketones (excluding diaryl/α,β-unsaturated/α-hetero) is 1. The quantitative estimate of drug-likeness (QED) is 0.372. The first-order chi connectivity index (χ1) is 19.1. The van der Waals surface area contributed by atoms with Gasteiger partial charge in [-0.05, 0) is 62.1 Å². The van der Waals surface area contributed by atoms with E-state index >= 15 is 0 Å². The Hall–Kier alpha value is -2.91. The second-order valence-electron chi connectivity index (χ2n) is 10.4. The molecule has 1 N–H and O–H groups in total. The van der Waals surface area contributed by atoms with E-state index in [1.165, 1.54) is 23.4 Å². The third kappa shape index (κ3) is 5.63. The monoisotopic (exact) mass is 599 g/mol. The van der Waals surface area contributed by atoms with Crippen molar-refractivity contribution in [3.63, 3.8) is 0 Å². The molecule has 0 bridgehead atoms. The average Bonchev–Trinajstić information content (AvgIpc) is 3.43. The molecule has 210 valence electrons. The van der Waals surface area contributed by atoms with Gasteiger partial charge in [-0.25, -0.2) is 8.42 Å². The first-order valence-corrected chi connectivity index (χ1v) is 15.5. The minimum absolute atomic E-state index is 0.0568. The number of sulfonamides is 1. The third-order valence-electron chi connectivity index (χ3n) is 8.01. The fourth-order valence-corrected chi connectivity index (χ4v) is 7.43. The van der Waals surface area contributed by atoms with E-state index in [1.807, 2.05) is 42.5 Å². The first kappa shape index (κ1) is 28.6. The number of hydrogen-bond acceptors (Lipinski definition) is 5. The summed E-state index contributed by atoms with van der Waals surface area (Å²) in [6.07, 6.45) is 1.47. The Morgan fingerprint density at radius 2 is 1.62 bits per heavy atom. The van der Waals surface area contributed by atoms with Crippen molar-refractivity contribution in [2.24, 2.45) is 0 Å². The molecule has 2 aliphatic rings. The van der Waals surface area contributed by atoms with Crippen LogP contribution in [0.25, 0.3) is 0 Å². The van der Waals surface area contributed by atoms with Gasteiger partial charge < -0.3 is 10.2 Å². The highest BCUT2D eigenvalue weighted by Crippen LogP contribution is 2.38. The Morgan fingerprint density at radius 1 is 0.900 bits per heavy atom. The summed E-state index contributed by atoms with van der Waals surface area (Å²) in [5.74, 6) is -0.282. The van der Waals surface area contributed by atoms with Crippen LogP contribution in [-0.4, -0.2) is 56.6 Å². The van der Waals surface area contributed by atoms with Crippen molar-refractivity contribution in [3.05, 3.63) is 94.0 Å². The molecule has 0 saturated carbocycles. The molecular weight excluding hydrogens is 569 g/mol. The van der Waals surface area contributed by atoms with E-state index in [0.29, 0.717) is 35.0 Å². The number of anilines is 1. The highest BCUT2D eigenvalue weighted by molar-refractivity contribution is 7.89. The Balaban J connectivity index is 1.33. The van der Waals surface area contributed by atoms with Crippen LogP contribution < -0.4 is 10.2 Å². The van der Waals surface area contributed by atoms with Crippen molar-refractivity contribution in [3.8, 4) is 0 Å². The number of amides is 1. The van der Waals surface area contributed by atoms with Crippen LogP contribution in [0.1, 0.15) is 42.1 Å². The van der Waals surface area contributed by atoms with Crippen LogP contribution in [0, 0.1) is 0 Å². The lowest BCUT2D eigenvalue weighted by atomic mass is 9.72. The number of benzene rings is 3. The van der Waals surface area contributed by atoms with E-state index in [9.17, 15) is 18.0 Å². The molecule has 2 aliphatic heterocycles. The minimum Gasteiger partial charge on any atom is -0.369 e. The maximum Gasteiger partial charge on any atom is 0.243 e.